The molecule has 1 fully saturated rings. The molecule has 1 amide bonds. The molecule has 0 aliphatic carbocycles. The smallest absolute Gasteiger partial charge is 0.277 e. The van der Waals surface area contributed by atoms with Crippen LogP contribution in [0.2, 0.25) is 0 Å². The lowest BCUT2D eigenvalue weighted by Gasteiger charge is -2.35. The Hall–Kier alpha value is -3.19. The van der Waals surface area contributed by atoms with Gasteiger partial charge in [0, 0.05) is 25.2 Å². The lowest BCUT2D eigenvalue weighted by atomic mass is 10.0. The maximum Gasteiger partial charge on any atom is 0.277 e. The first-order valence-corrected chi connectivity index (χ1v) is 10.1. The summed E-state index contributed by atoms with van der Waals surface area (Å²) in [5, 5.41) is 4.10. The average molecular weight is 407 g/mol. The quantitative estimate of drug-likeness (QED) is 0.657. The van der Waals surface area contributed by atoms with Crippen molar-refractivity contribution in [1.82, 2.24) is 15.0 Å². The third-order valence-corrected chi connectivity index (χ3v) is 5.65. The average Bonchev–Trinajstić information content (AvgIpc) is 3.20. The number of benzene rings is 2. The van der Waals surface area contributed by atoms with E-state index in [0.29, 0.717) is 42.3 Å². The van der Waals surface area contributed by atoms with Crippen LogP contribution in [0.3, 0.4) is 0 Å². The van der Waals surface area contributed by atoms with Crippen molar-refractivity contribution in [3.05, 3.63) is 70.7 Å². The zero-order chi connectivity index (χ0) is 20.7. The fraction of sp³-hybridized carbons (Fsp3) is 0.304. The molecule has 2 aliphatic rings. The van der Waals surface area contributed by atoms with Gasteiger partial charge < -0.3 is 14.2 Å². The van der Waals surface area contributed by atoms with Gasteiger partial charge in [0.05, 0.1) is 17.8 Å². The van der Waals surface area contributed by atoms with Crippen LogP contribution in [0.25, 0.3) is 11.3 Å². The number of aryl methyl sites for hydroxylation is 1. The Balaban J connectivity index is 1.36. The highest BCUT2D eigenvalue weighted by Gasteiger charge is 2.32. The summed E-state index contributed by atoms with van der Waals surface area (Å²) in [6, 6.07) is 12.6. The van der Waals surface area contributed by atoms with Gasteiger partial charge in [-0.3, -0.25) is 9.69 Å². The molecule has 0 atom stereocenters. The minimum absolute atomic E-state index is 0.182. The van der Waals surface area contributed by atoms with Crippen LogP contribution in [-0.4, -0.2) is 40.6 Å². The number of amides is 1. The van der Waals surface area contributed by atoms with Crippen LogP contribution in [0.15, 0.2) is 47.0 Å². The van der Waals surface area contributed by atoms with Crippen LogP contribution in [-0.2, 0) is 13.2 Å². The summed E-state index contributed by atoms with van der Waals surface area (Å²) in [5.74, 6) is 0.927. The summed E-state index contributed by atoms with van der Waals surface area (Å²) in [5.41, 5.74) is 3.51. The van der Waals surface area contributed by atoms with Gasteiger partial charge >= 0.3 is 0 Å². The van der Waals surface area contributed by atoms with E-state index < -0.39 is 0 Å². The number of ether oxygens (including phenoxy) is 1. The number of rotatable bonds is 3. The van der Waals surface area contributed by atoms with Crippen LogP contribution in [0.5, 0.6) is 5.75 Å². The van der Waals surface area contributed by atoms with Crippen LogP contribution < -0.4 is 4.74 Å². The predicted octanol–water partition coefficient (Wildman–Crippen LogP) is 3.99. The summed E-state index contributed by atoms with van der Waals surface area (Å²) in [6.07, 6.45) is 0.818. The second-order valence-electron chi connectivity index (χ2n) is 7.83. The number of carbonyl (C=O) groups excluding carboxylic acids is 1. The Morgan fingerprint density at radius 3 is 2.93 bits per heavy atom. The summed E-state index contributed by atoms with van der Waals surface area (Å²) >= 11 is 0. The fourth-order valence-electron chi connectivity index (χ4n) is 4.10. The van der Waals surface area contributed by atoms with Gasteiger partial charge in [-0.2, -0.15) is 0 Å². The predicted molar refractivity (Wildman–Crippen MR) is 108 cm³/mol. The molecular formula is C23H22FN3O3. The highest BCUT2D eigenvalue weighted by atomic mass is 19.1. The van der Waals surface area contributed by atoms with Gasteiger partial charge in [-0.25, -0.2) is 4.39 Å². The maximum absolute atomic E-state index is 14.0. The molecule has 0 radical (unpaired) electrons. The first-order valence-electron chi connectivity index (χ1n) is 10.1. The van der Waals surface area contributed by atoms with Crippen molar-refractivity contribution in [3.8, 4) is 17.1 Å². The van der Waals surface area contributed by atoms with Gasteiger partial charge in [0.25, 0.3) is 5.91 Å². The van der Waals surface area contributed by atoms with E-state index in [2.05, 4.69) is 10.1 Å². The third kappa shape index (κ3) is 3.35. The summed E-state index contributed by atoms with van der Waals surface area (Å²) in [4.78, 5) is 17.0. The van der Waals surface area contributed by atoms with Gasteiger partial charge in [0.1, 0.15) is 18.2 Å². The Morgan fingerprint density at radius 1 is 1.20 bits per heavy atom. The van der Waals surface area contributed by atoms with Crippen LogP contribution >= 0.6 is 0 Å². The summed E-state index contributed by atoms with van der Waals surface area (Å²) in [7, 11) is 0. The van der Waals surface area contributed by atoms with Crippen LogP contribution in [0.1, 0.15) is 33.6 Å². The van der Waals surface area contributed by atoms with E-state index in [0.717, 1.165) is 29.8 Å². The molecule has 6 nitrogen and oxygen atoms in total. The van der Waals surface area contributed by atoms with Crippen LogP contribution in [0.4, 0.5) is 4.39 Å². The monoisotopic (exact) mass is 407 g/mol. The molecule has 0 spiro atoms. The molecule has 3 heterocycles. The maximum atomic E-state index is 14.0. The van der Waals surface area contributed by atoms with Gasteiger partial charge in [0.15, 0.2) is 11.5 Å². The summed E-state index contributed by atoms with van der Waals surface area (Å²) in [6.45, 7) is 4.57. The molecule has 5 rings (SSSR count). The Morgan fingerprint density at radius 2 is 2.07 bits per heavy atom. The molecule has 1 aromatic heterocycles. The second kappa shape index (κ2) is 7.57. The molecule has 0 saturated carbocycles. The third-order valence-electron chi connectivity index (χ3n) is 5.65. The molecule has 154 valence electrons. The fourth-order valence-corrected chi connectivity index (χ4v) is 4.10. The minimum Gasteiger partial charge on any atom is -0.488 e. The molecule has 0 unspecified atom stereocenters. The number of hydrogen-bond acceptors (Lipinski definition) is 5. The van der Waals surface area contributed by atoms with E-state index in [1.54, 1.807) is 17.0 Å². The van der Waals surface area contributed by atoms with Gasteiger partial charge in [-0.05, 0) is 31.5 Å². The molecule has 30 heavy (non-hydrogen) atoms. The van der Waals surface area contributed by atoms with E-state index >= 15 is 0 Å². The molecular weight excluding hydrogens is 385 g/mol. The number of nitrogens with zero attached hydrogens (tertiary/aromatic N) is 3. The molecule has 0 bridgehead atoms. The van der Waals surface area contributed by atoms with E-state index in [9.17, 15) is 9.18 Å². The van der Waals surface area contributed by atoms with Crippen molar-refractivity contribution in [2.75, 3.05) is 19.8 Å². The molecule has 2 aromatic carbocycles. The number of halogens is 1. The molecule has 7 heteroatoms. The van der Waals surface area contributed by atoms with E-state index in [4.69, 9.17) is 9.26 Å². The van der Waals surface area contributed by atoms with Crippen molar-refractivity contribution in [3.63, 3.8) is 0 Å². The van der Waals surface area contributed by atoms with Crippen molar-refractivity contribution in [2.45, 2.75) is 26.5 Å². The second-order valence-corrected chi connectivity index (χ2v) is 7.83. The SMILES string of the molecule is Cc1ccc2c(c1)-c1onc(C(=O)N3CCCN(Cc4ccccc4F)C3)c1CO2. The normalized spacial score (nSPS) is 16.0. The molecule has 0 N–H and O–H groups in total. The van der Waals surface area contributed by atoms with Gasteiger partial charge in [-0.15, -0.1) is 0 Å². The zero-order valence-electron chi connectivity index (χ0n) is 16.7. The number of fused-ring (bicyclic) bond motifs is 3. The van der Waals surface area contributed by atoms with Gasteiger partial charge in [0.2, 0.25) is 0 Å². The van der Waals surface area contributed by atoms with Crippen molar-refractivity contribution < 1.29 is 18.4 Å². The highest BCUT2D eigenvalue weighted by molar-refractivity contribution is 5.95. The highest BCUT2D eigenvalue weighted by Crippen LogP contribution is 2.39. The standard InChI is InChI=1S/C23H22FN3O3/c1-15-7-8-20-17(11-15)22-18(13-29-20)21(25-30-22)23(28)27-10-4-9-26(14-27)12-16-5-2-3-6-19(16)24/h2-3,5-8,11H,4,9-10,12-14H2,1H3. The lowest BCUT2D eigenvalue weighted by molar-refractivity contribution is 0.0466. The van der Waals surface area contributed by atoms with Gasteiger partial charge in [-0.1, -0.05) is 35.0 Å². The molecule has 3 aromatic rings. The number of carbonyl (C=O) groups is 1. The first kappa shape index (κ1) is 18.8. The Kier molecular flexibility index (Phi) is 4.75. The largest absolute Gasteiger partial charge is 0.488 e. The van der Waals surface area contributed by atoms with E-state index in [1.165, 1.54) is 6.07 Å². The molecule has 2 aliphatic heterocycles. The van der Waals surface area contributed by atoms with Crippen LogP contribution in [0, 0.1) is 12.7 Å². The number of hydrogen-bond donors (Lipinski definition) is 0. The van der Waals surface area contributed by atoms with Crippen molar-refractivity contribution >= 4 is 5.91 Å². The topological polar surface area (TPSA) is 58.8 Å². The summed E-state index contributed by atoms with van der Waals surface area (Å²) < 4.78 is 25.4. The number of aromatic nitrogens is 1. The molecule has 1 saturated heterocycles. The van der Waals surface area contributed by atoms with Crippen molar-refractivity contribution in [2.24, 2.45) is 0 Å². The first-order chi connectivity index (χ1) is 14.6. The minimum atomic E-state index is -0.224. The Bertz CT molecular complexity index is 1110. The Labute approximate surface area is 173 Å². The zero-order valence-corrected chi connectivity index (χ0v) is 16.7. The van der Waals surface area contributed by atoms with E-state index in [1.807, 2.05) is 31.2 Å². The van der Waals surface area contributed by atoms with Crippen molar-refractivity contribution in [1.29, 1.82) is 0 Å². The van der Waals surface area contributed by atoms with E-state index in [-0.39, 0.29) is 18.3 Å². The lowest BCUT2D eigenvalue weighted by Crippen LogP contribution is -2.47.